The molecule has 0 radical (unpaired) electrons. The molecule has 1 aromatic carbocycles. The molecule has 0 N–H and O–H groups in total. The van der Waals surface area contributed by atoms with Crippen LogP contribution in [0.4, 0.5) is 13.2 Å². The molecule has 3 rings (SSSR count). The van der Waals surface area contributed by atoms with E-state index in [-0.39, 0.29) is 11.2 Å². The van der Waals surface area contributed by atoms with Gasteiger partial charge in [-0.2, -0.15) is 13.2 Å². The quantitative estimate of drug-likeness (QED) is 0.299. The van der Waals surface area contributed by atoms with Crippen molar-refractivity contribution in [1.29, 1.82) is 0 Å². The molecule has 0 amide bonds. The fraction of sp³-hybridized carbons (Fsp3) is 0.364. The van der Waals surface area contributed by atoms with Gasteiger partial charge < -0.3 is 9.15 Å². The van der Waals surface area contributed by atoms with Crippen molar-refractivity contribution in [2.45, 2.75) is 43.7 Å². The van der Waals surface area contributed by atoms with E-state index in [1.807, 2.05) is 13.0 Å². The Morgan fingerprint density at radius 2 is 1.97 bits per heavy atom. The van der Waals surface area contributed by atoms with Crippen LogP contribution in [0.1, 0.15) is 37.5 Å². The zero-order chi connectivity index (χ0) is 21.6. The van der Waals surface area contributed by atoms with Gasteiger partial charge in [-0.05, 0) is 43.2 Å². The van der Waals surface area contributed by atoms with Crippen LogP contribution in [0, 0.1) is 0 Å². The van der Waals surface area contributed by atoms with Crippen LogP contribution in [0.5, 0.6) is 5.75 Å². The summed E-state index contributed by atoms with van der Waals surface area (Å²) < 4.78 is 49.4. The Kier molecular flexibility index (Phi) is 7.42. The lowest BCUT2D eigenvalue weighted by Crippen LogP contribution is -2.08. The van der Waals surface area contributed by atoms with Crippen molar-refractivity contribution in [3.8, 4) is 5.75 Å². The maximum absolute atomic E-state index is 12.9. The third-order valence-electron chi connectivity index (χ3n) is 4.53. The maximum Gasteiger partial charge on any atom is 0.416 e. The number of pyridine rings is 1. The number of halogens is 3. The molecule has 0 saturated carbocycles. The Hall–Kier alpha value is -2.48. The number of rotatable bonds is 9. The van der Waals surface area contributed by atoms with E-state index in [1.54, 1.807) is 11.8 Å². The second kappa shape index (κ2) is 10.0. The molecule has 0 aliphatic heterocycles. The molecule has 30 heavy (non-hydrogen) atoms. The van der Waals surface area contributed by atoms with E-state index in [0.29, 0.717) is 24.3 Å². The van der Waals surface area contributed by atoms with Gasteiger partial charge in [-0.3, -0.25) is 9.78 Å². The van der Waals surface area contributed by atoms with Gasteiger partial charge in [-0.15, -0.1) is 11.8 Å². The van der Waals surface area contributed by atoms with E-state index >= 15 is 0 Å². The van der Waals surface area contributed by atoms with Gasteiger partial charge in [-0.1, -0.05) is 13.0 Å². The molecule has 160 valence electrons. The van der Waals surface area contributed by atoms with Crippen LogP contribution in [0.15, 0.2) is 56.9 Å². The van der Waals surface area contributed by atoms with E-state index in [0.717, 1.165) is 47.4 Å². The number of benzene rings is 1. The number of fused-ring (bicyclic) bond motifs is 1. The van der Waals surface area contributed by atoms with Gasteiger partial charge in [0.1, 0.15) is 12.0 Å². The van der Waals surface area contributed by atoms with Crippen LogP contribution < -0.4 is 10.2 Å². The SMILES string of the molecule is CCc1cc(=O)c(OCCCCCSc2ccnc3cc(C(F)(F)F)ccc23)co1. The molecule has 0 unspecified atom stereocenters. The molecule has 0 spiro atoms. The summed E-state index contributed by atoms with van der Waals surface area (Å²) in [6, 6.07) is 6.93. The van der Waals surface area contributed by atoms with Crippen LogP contribution in [0.25, 0.3) is 10.9 Å². The van der Waals surface area contributed by atoms with E-state index in [1.165, 1.54) is 24.6 Å². The van der Waals surface area contributed by atoms with Crippen LogP contribution in [-0.4, -0.2) is 17.3 Å². The second-order valence-electron chi connectivity index (χ2n) is 6.72. The topological polar surface area (TPSA) is 52.3 Å². The summed E-state index contributed by atoms with van der Waals surface area (Å²) in [5.41, 5.74) is -0.522. The summed E-state index contributed by atoms with van der Waals surface area (Å²) in [5, 5.41) is 0.723. The predicted octanol–water partition coefficient (Wildman–Crippen LogP) is 6.11. The first-order valence-corrected chi connectivity index (χ1v) is 10.7. The summed E-state index contributed by atoms with van der Waals surface area (Å²) in [6.45, 7) is 2.34. The highest BCUT2D eigenvalue weighted by molar-refractivity contribution is 7.99. The zero-order valence-corrected chi connectivity index (χ0v) is 17.3. The summed E-state index contributed by atoms with van der Waals surface area (Å²) in [7, 11) is 0. The van der Waals surface area contributed by atoms with Gasteiger partial charge in [0, 0.05) is 29.0 Å². The molecule has 0 bridgehead atoms. The first-order chi connectivity index (χ1) is 14.4. The van der Waals surface area contributed by atoms with Crippen molar-refractivity contribution >= 4 is 22.7 Å². The standard InChI is InChI=1S/C22H22F3NO3S/c1-2-16-13-19(27)20(14-29-16)28-10-4-3-5-11-30-21-8-9-26-18-12-15(22(23,24)25)6-7-17(18)21/h6-9,12-14H,2-5,10-11H2,1H3. The highest BCUT2D eigenvalue weighted by Crippen LogP contribution is 2.33. The van der Waals surface area contributed by atoms with Crippen LogP contribution in [-0.2, 0) is 12.6 Å². The molecule has 2 aromatic heterocycles. The molecule has 0 aliphatic carbocycles. The van der Waals surface area contributed by atoms with Gasteiger partial charge in [-0.25, -0.2) is 0 Å². The first kappa shape index (κ1) is 22.2. The van der Waals surface area contributed by atoms with E-state index in [9.17, 15) is 18.0 Å². The lowest BCUT2D eigenvalue weighted by molar-refractivity contribution is -0.137. The minimum Gasteiger partial charge on any atom is -0.487 e. The van der Waals surface area contributed by atoms with Crippen molar-refractivity contribution in [3.63, 3.8) is 0 Å². The number of thioether (sulfide) groups is 1. The average Bonchev–Trinajstić information content (AvgIpc) is 2.73. The fourth-order valence-electron chi connectivity index (χ4n) is 2.90. The number of aromatic nitrogens is 1. The normalized spacial score (nSPS) is 11.7. The minimum absolute atomic E-state index is 0.174. The molecule has 3 aromatic rings. The largest absolute Gasteiger partial charge is 0.487 e. The minimum atomic E-state index is -4.37. The summed E-state index contributed by atoms with van der Waals surface area (Å²) in [4.78, 5) is 16.8. The van der Waals surface area contributed by atoms with E-state index in [2.05, 4.69) is 4.98 Å². The highest BCUT2D eigenvalue weighted by atomic mass is 32.2. The number of aryl methyl sites for hydroxylation is 1. The molecule has 0 atom stereocenters. The van der Waals surface area contributed by atoms with Gasteiger partial charge in [0.15, 0.2) is 0 Å². The van der Waals surface area contributed by atoms with Gasteiger partial charge >= 0.3 is 6.18 Å². The molecular weight excluding hydrogens is 415 g/mol. The molecule has 0 saturated heterocycles. The smallest absolute Gasteiger partial charge is 0.416 e. The maximum atomic E-state index is 12.9. The van der Waals surface area contributed by atoms with Crippen LogP contribution >= 0.6 is 11.8 Å². The summed E-state index contributed by atoms with van der Waals surface area (Å²) >= 11 is 1.60. The number of ether oxygens (including phenoxy) is 1. The Morgan fingerprint density at radius 3 is 2.70 bits per heavy atom. The number of hydrogen-bond donors (Lipinski definition) is 0. The van der Waals surface area contributed by atoms with Crippen LogP contribution in [0.3, 0.4) is 0 Å². The van der Waals surface area contributed by atoms with Crippen molar-refractivity contribution in [1.82, 2.24) is 4.98 Å². The van der Waals surface area contributed by atoms with Gasteiger partial charge in [0.2, 0.25) is 11.2 Å². The third-order valence-corrected chi connectivity index (χ3v) is 5.69. The lowest BCUT2D eigenvalue weighted by atomic mass is 10.1. The molecule has 4 nitrogen and oxygen atoms in total. The van der Waals surface area contributed by atoms with Crippen molar-refractivity contribution < 1.29 is 22.3 Å². The third kappa shape index (κ3) is 5.78. The number of alkyl halides is 3. The fourth-order valence-corrected chi connectivity index (χ4v) is 3.95. The van der Waals surface area contributed by atoms with Gasteiger partial charge in [0.25, 0.3) is 0 Å². The van der Waals surface area contributed by atoms with Crippen LogP contribution in [0.2, 0.25) is 0 Å². The summed E-state index contributed by atoms with van der Waals surface area (Å²) in [6.07, 6.45) is 1.79. The Balaban J connectivity index is 1.44. The molecule has 8 heteroatoms. The average molecular weight is 437 g/mol. The Labute approximate surface area is 176 Å². The van der Waals surface area contributed by atoms with Crippen molar-refractivity contribution in [2.75, 3.05) is 12.4 Å². The Morgan fingerprint density at radius 1 is 1.13 bits per heavy atom. The Bertz CT molecular complexity index is 1050. The van der Waals surface area contributed by atoms with Crippen molar-refractivity contribution in [2.24, 2.45) is 0 Å². The number of nitrogens with zero attached hydrogens (tertiary/aromatic N) is 1. The predicted molar refractivity (Wildman–Crippen MR) is 111 cm³/mol. The molecule has 2 heterocycles. The molecular formula is C22H22F3NO3S. The first-order valence-electron chi connectivity index (χ1n) is 9.72. The number of hydrogen-bond acceptors (Lipinski definition) is 5. The van der Waals surface area contributed by atoms with Gasteiger partial charge in [0.05, 0.1) is 17.7 Å². The van der Waals surface area contributed by atoms with E-state index in [4.69, 9.17) is 9.15 Å². The lowest BCUT2D eigenvalue weighted by Gasteiger charge is -2.10. The highest BCUT2D eigenvalue weighted by Gasteiger charge is 2.30. The van der Waals surface area contributed by atoms with E-state index < -0.39 is 11.7 Å². The van der Waals surface area contributed by atoms with Crippen molar-refractivity contribution in [3.05, 3.63) is 64.3 Å². The zero-order valence-electron chi connectivity index (χ0n) is 16.5. The molecule has 0 aliphatic rings. The molecule has 0 fully saturated rings. The monoisotopic (exact) mass is 437 g/mol. The summed E-state index contributed by atoms with van der Waals surface area (Å²) in [5.74, 6) is 1.68. The second-order valence-corrected chi connectivity index (χ2v) is 7.86. The number of unbranched alkanes of at least 4 members (excludes halogenated alkanes) is 2.